The molecule has 10 nitrogen and oxygen atoms in total. The molecule has 0 aromatic heterocycles. The standard InChI is InChI=1S/C49H36N2O8/c52-35-19-22-40-31(24-35)23-32(26-59-40)41-36-20-21-37-42(48(57)50(46(37)55)33-15-11-29(12-16-33)44(53)27-7-3-1-4-8-27)38(36)25-39-43(41)49(58)51(47(39)56)34-17-13-30(14-18-34)45(54)28-9-5-2-6-10-28/h1-20,22,24,26,37-39,41-43,52H,21,23,25H2/t37-,38+,39+,41-,42-,43+/m0/s1. The van der Waals surface area contributed by atoms with Crippen molar-refractivity contribution >= 4 is 46.6 Å². The number of hydrogen-bond acceptors (Lipinski definition) is 8. The van der Waals surface area contributed by atoms with Crippen LogP contribution in [-0.2, 0) is 25.6 Å². The minimum absolute atomic E-state index is 0.0628. The molecule has 290 valence electrons. The number of phenols is 1. The Hall–Kier alpha value is -7.20. The Morgan fingerprint density at radius 1 is 0.576 bits per heavy atom. The van der Waals surface area contributed by atoms with E-state index in [1.54, 1.807) is 115 Å². The third-order valence-corrected chi connectivity index (χ3v) is 12.7. The summed E-state index contributed by atoms with van der Waals surface area (Å²) in [5, 5.41) is 10.3. The molecule has 2 aliphatic carbocycles. The largest absolute Gasteiger partial charge is 0.508 e. The van der Waals surface area contributed by atoms with Gasteiger partial charge in [0.15, 0.2) is 11.6 Å². The Labute approximate surface area is 339 Å². The van der Waals surface area contributed by atoms with Gasteiger partial charge in [0.05, 0.1) is 41.3 Å². The molecule has 1 saturated carbocycles. The van der Waals surface area contributed by atoms with Crippen molar-refractivity contribution in [1.82, 2.24) is 0 Å². The number of allylic oxidation sites excluding steroid dienone is 3. The lowest BCUT2D eigenvalue weighted by Crippen LogP contribution is -2.45. The van der Waals surface area contributed by atoms with Crippen molar-refractivity contribution in [3.63, 3.8) is 0 Å². The van der Waals surface area contributed by atoms with E-state index in [9.17, 15) is 33.9 Å². The van der Waals surface area contributed by atoms with Crippen molar-refractivity contribution in [3.8, 4) is 11.5 Å². The zero-order valence-corrected chi connectivity index (χ0v) is 31.6. The summed E-state index contributed by atoms with van der Waals surface area (Å²) in [6.07, 6.45) is 4.38. The summed E-state index contributed by atoms with van der Waals surface area (Å²) in [6.45, 7) is 0. The molecule has 5 aromatic rings. The fraction of sp³-hybridized carbons (Fsp3) is 0.184. The van der Waals surface area contributed by atoms with Crippen LogP contribution in [0.1, 0.15) is 50.2 Å². The number of ketones is 2. The highest BCUT2D eigenvalue weighted by atomic mass is 16.5. The van der Waals surface area contributed by atoms with Gasteiger partial charge in [-0.05, 0) is 91.1 Å². The van der Waals surface area contributed by atoms with E-state index in [2.05, 4.69) is 0 Å². The molecule has 1 N–H and O–H groups in total. The summed E-state index contributed by atoms with van der Waals surface area (Å²) in [5.74, 6) is -5.51. The second-order valence-electron chi connectivity index (χ2n) is 15.8. The Bertz CT molecular complexity index is 2670. The molecule has 10 heteroatoms. The smallest absolute Gasteiger partial charge is 0.238 e. The first-order valence-corrected chi connectivity index (χ1v) is 19.7. The quantitative estimate of drug-likeness (QED) is 0.104. The first kappa shape index (κ1) is 36.2. The minimum atomic E-state index is -0.820. The number of imide groups is 2. The molecule has 6 atom stereocenters. The number of anilines is 2. The SMILES string of the molecule is O=C(c1ccccc1)c1ccc(N2C(=O)[C@H]3[C@H](CC=C4[C@H](C5=COc6ccc(O)cc6C5)[C@@H]5C(=O)N(c6ccc(C(=O)c7ccccc7)cc6)C(=O)[C@@H]5C[C@H]43)C2=O)cc1. The van der Waals surface area contributed by atoms with E-state index in [0.29, 0.717) is 45.8 Å². The van der Waals surface area contributed by atoms with Crippen molar-refractivity contribution in [1.29, 1.82) is 0 Å². The second kappa shape index (κ2) is 14.0. The van der Waals surface area contributed by atoms with Gasteiger partial charge in [-0.1, -0.05) is 72.3 Å². The van der Waals surface area contributed by atoms with Gasteiger partial charge in [0, 0.05) is 40.2 Å². The zero-order chi connectivity index (χ0) is 40.5. The number of aromatic hydroxyl groups is 1. The number of phenolic OH excluding ortho intramolecular Hbond substituents is 1. The molecule has 4 amide bonds. The van der Waals surface area contributed by atoms with Gasteiger partial charge in [0.2, 0.25) is 23.6 Å². The normalized spacial score (nSPS) is 24.3. The van der Waals surface area contributed by atoms with Crippen molar-refractivity contribution < 1.29 is 38.6 Å². The fourth-order valence-electron chi connectivity index (χ4n) is 9.96. The zero-order valence-electron chi connectivity index (χ0n) is 31.6. The molecule has 0 spiro atoms. The van der Waals surface area contributed by atoms with Gasteiger partial charge in [-0.2, -0.15) is 0 Å². The van der Waals surface area contributed by atoms with Crippen LogP contribution in [0, 0.1) is 35.5 Å². The van der Waals surface area contributed by atoms with Crippen LogP contribution in [0.5, 0.6) is 11.5 Å². The number of ether oxygens (including phenoxy) is 1. The maximum absolute atomic E-state index is 14.7. The molecule has 59 heavy (non-hydrogen) atoms. The monoisotopic (exact) mass is 780 g/mol. The summed E-state index contributed by atoms with van der Waals surface area (Å²) >= 11 is 0. The summed E-state index contributed by atoms with van der Waals surface area (Å²) in [7, 11) is 0. The number of rotatable bonds is 7. The molecule has 5 aromatic carbocycles. The number of carbonyl (C=O) groups is 6. The highest BCUT2D eigenvalue weighted by molar-refractivity contribution is 6.24. The van der Waals surface area contributed by atoms with E-state index in [0.717, 1.165) is 16.7 Å². The van der Waals surface area contributed by atoms with E-state index in [4.69, 9.17) is 4.74 Å². The van der Waals surface area contributed by atoms with Gasteiger partial charge in [0.25, 0.3) is 0 Å². The summed E-state index contributed by atoms with van der Waals surface area (Å²) in [6, 6.07) is 35.4. The van der Waals surface area contributed by atoms with E-state index in [-0.39, 0.29) is 42.0 Å². The van der Waals surface area contributed by atoms with Crippen LogP contribution >= 0.6 is 0 Å². The maximum Gasteiger partial charge on any atom is 0.238 e. The number of nitrogens with zero attached hydrogens (tertiary/aromatic N) is 2. The van der Waals surface area contributed by atoms with E-state index in [1.165, 1.54) is 15.9 Å². The molecule has 0 radical (unpaired) electrons. The fourth-order valence-corrected chi connectivity index (χ4v) is 9.96. The molecule has 2 saturated heterocycles. The number of benzene rings is 5. The van der Waals surface area contributed by atoms with E-state index < -0.39 is 47.3 Å². The number of amides is 4. The van der Waals surface area contributed by atoms with Crippen molar-refractivity contribution in [2.75, 3.05) is 9.80 Å². The Morgan fingerprint density at radius 2 is 1.10 bits per heavy atom. The van der Waals surface area contributed by atoms with Crippen LogP contribution in [0.25, 0.3) is 0 Å². The van der Waals surface area contributed by atoms with Crippen molar-refractivity contribution in [2.45, 2.75) is 19.3 Å². The molecular formula is C49H36N2O8. The highest BCUT2D eigenvalue weighted by Gasteiger charge is 2.62. The average molecular weight is 781 g/mol. The van der Waals surface area contributed by atoms with Gasteiger partial charge in [-0.25, -0.2) is 0 Å². The maximum atomic E-state index is 14.7. The lowest BCUT2D eigenvalue weighted by Gasteiger charge is -2.45. The molecule has 3 heterocycles. The molecule has 3 aliphatic heterocycles. The third-order valence-electron chi connectivity index (χ3n) is 12.7. The Balaban J connectivity index is 0.988. The van der Waals surface area contributed by atoms with Crippen LogP contribution in [0.15, 0.2) is 151 Å². The summed E-state index contributed by atoms with van der Waals surface area (Å²) < 4.78 is 6.08. The predicted octanol–water partition coefficient (Wildman–Crippen LogP) is 7.25. The van der Waals surface area contributed by atoms with Gasteiger partial charge in [0.1, 0.15) is 11.5 Å². The van der Waals surface area contributed by atoms with E-state index in [1.807, 2.05) is 18.2 Å². The van der Waals surface area contributed by atoms with Gasteiger partial charge < -0.3 is 9.84 Å². The lowest BCUT2D eigenvalue weighted by molar-refractivity contribution is -0.126. The van der Waals surface area contributed by atoms with Crippen LogP contribution in [-0.4, -0.2) is 40.3 Å². The number of hydrogen-bond donors (Lipinski definition) is 1. The van der Waals surface area contributed by atoms with E-state index >= 15 is 0 Å². The Kier molecular flexibility index (Phi) is 8.59. The topological polar surface area (TPSA) is 138 Å². The summed E-state index contributed by atoms with van der Waals surface area (Å²) in [5.41, 5.74) is 4.84. The van der Waals surface area contributed by atoms with Crippen molar-refractivity contribution in [3.05, 3.63) is 179 Å². The molecule has 0 bridgehead atoms. The summed E-state index contributed by atoms with van der Waals surface area (Å²) in [4.78, 5) is 86.8. The van der Waals surface area contributed by atoms with Gasteiger partial charge in [-0.3, -0.25) is 38.6 Å². The number of carbonyl (C=O) groups excluding carboxylic acids is 6. The van der Waals surface area contributed by atoms with Gasteiger partial charge >= 0.3 is 0 Å². The minimum Gasteiger partial charge on any atom is -0.508 e. The average Bonchev–Trinajstić information content (AvgIpc) is 3.68. The van der Waals surface area contributed by atoms with Crippen LogP contribution in [0.4, 0.5) is 11.4 Å². The number of fused-ring (bicyclic) bond motifs is 5. The first-order valence-electron chi connectivity index (χ1n) is 19.7. The molecular weight excluding hydrogens is 745 g/mol. The van der Waals surface area contributed by atoms with Crippen LogP contribution in [0.3, 0.4) is 0 Å². The Morgan fingerprint density at radius 3 is 1.68 bits per heavy atom. The molecule has 3 fully saturated rings. The highest BCUT2D eigenvalue weighted by Crippen LogP contribution is 2.58. The molecule has 0 unspecified atom stereocenters. The molecule has 5 aliphatic rings. The van der Waals surface area contributed by atoms with Crippen LogP contribution < -0.4 is 14.5 Å². The van der Waals surface area contributed by atoms with Crippen molar-refractivity contribution in [2.24, 2.45) is 35.5 Å². The van der Waals surface area contributed by atoms with Crippen LogP contribution in [0.2, 0.25) is 0 Å². The first-order chi connectivity index (χ1) is 28.7. The van der Waals surface area contributed by atoms with Gasteiger partial charge in [-0.15, -0.1) is 0 Å². The lowest BCUT2D eigenvalue weighted by atomic mass is 9.56. The molecule has 10 rings (SSSR count). The second-order valence-corrected chi connectivity index (χ2v) is 15.8. The third kappa shape index (κ3) is 5.85. The predicted molar refractivity (Wildman–Crippen MR) is 216 cm³/mol.